The van der Waals surface area contributed by atoms with E-state index in [1.54, 1.807) is 18.2 Å². The molecule has 3 amide bonds. The van der Waals surface area contributed by atoms with E-state index in [0.717, 1.165) is 30.5 Å². The van der Waals surface area contributed by atoms with E-state index in [0.29, 0.717) is 12.8 Å². The number of fused-ring (bicyclic) bond motifs is 1. The minimum Gasteiger partial charge on any atom is -0.345 e. The van der Waals surface area contributed by atoms with Crippen molar-refractivity contribution >= 4 is 17.7 Å². The van der Waals surface area contributed by atoms with E-state index in [2.05, 4.69) is 21.3 Å². The zero-order valence-corrected chi connectivity index (χ0v) is 14.4. The van der Waals surface area contributed by atoms with Gasteiger partial charge in [0.2, 0.25) is 0 Å². The van der Waals surface area contributed by atoms with Crippen molar-refractivity contribution < 1.29 is 18.8 Å². The molecule has 0 radical (unpaired) electrons. The van der Waals surface area contributed by atoms with Crippen molar-refractivity contribution in [1.29, 1.82) is 0 Å². The van der Waals surface area contributed by atoms with Gasteiger partial charge in [-0.25, -0.2) is 9.07 Å². The van der Waals surface area contributed by atoms with Crippen molar-refractivity contribution in [2.45, 2.75) is 38.1 Å². The van der Waals surface area contributed by atoms with Crippen LogP contribution in [0.15, 0.2) is 24.3 Å². The molecule has 0 aliphatic heterocycles. The molecule has 1 saturated carbocycles. The Bertz CT molecular complexity index is 935. The molecular formula is C18H18FN5O3. The average Bonchev–Trinajstić information content (AvgIpc) is 3.21. The van der Waals surface area contributed by atoms with Gasteiger partial charge in [-0.05, 0) is 44.2 Å². The molecule has 2 aliphatic rings. The van der Waals surface area contributed by atoms with Gasteiger partial charge in [-0.2, -0.15) is 5.10 Å². The van der Waals surface area contributed by atoms with Crippen LogP contribution >= 0.6 is 0 Å². The summed E-state index contributed by atoms with van der Waals surface area (Å²) >= 11 is 0. The lowest BCUT2D eigenvalue weighted by atomic mass is 10.2. The first-order valence-electron chi connectivity index (χ1n) is 8.81. The highest BCUT2D eigenvalue weighted by Gasteiger charge is 2.29. The summed E-state index contributed by atoms with van der Waals surface area (Å²) < 4.78 is 15.6. The second kappa shape index (κ2) is 6.82. The number of aromatic nitrogens is 2. The molecule has 0 saturated heterocycles. The fraction of sp³-hybridized carbons (Fsp3) is 0.333. The van der Waals surface area contributed by atoms with E-state index in [4.69, 9.17) is 0 Å². The number of rotatable bonds is 3. The number of para-hydroxylation sites is 1. The van der Waals surface area contributed by atoms with Gasteiger partial charge in [0, 0.05) is 17.3 Å². The third-order valence-electron chi connectivity index (χ3n) is 4.63. The van der Waals surface area contributed by atoms with Crippen molar-refractivity contribution in [1.82, 2.24) is 25.9 Å². The summed E-state index contributed by atoms with van der Waals surface area (Å²) in [5, 5.41) is 6.78. The SMILES string of the molecule is O=C(NNC(=O)c1nn(-c2ccccc2F)c2c1CCC2)C(=O)NC1CC1. The minimum absolute atomic E-state index is 0.0405. The highest BCUT2D eigenvalue weighted by molar-refractivity contribution is 6.35. The van der Waals surface area contributed by atoms with Crippen LogP contribution < -0.4 is 16.2 Å². The standard InChI is InChI=1S/C18H18FN5O3/c19-12-5-1-2-6-14(12)24-13-7-3-4-11(13)15(23-24)16(25)21-22-18(27)17(26)20-10-8-9-10/h1-2,5-6,10H,3-4,7-9H2,(H,20,26)(H,21,25)(H,22,27). The maximum atomic E-state index is 14.1. The molecule has 1 fully saturated rings. The van der Waals surface area contributed by atoms with Gasteiger partial charge in [0.15, 0.2) is 5.69 Å². The van der Waals surface area contributed by atoms with Gasteiger partial charge in [0.05, 0.1) is 0 Å². The summed E-state index contributed by atoms with van der Waals surface area (Å²) in [6, 6.07) is 6.24. The monoisotopic (exact) mass is 371 g/mol. The van der Waals surface area contributed by atoms with Gasteiger partial charge in [0.25, 0.3) is 5.91 Å². The summed E-state index contributed by atoms with van der Waals surface area (Å²) in [5.74, 6) is -2.82. The van der Waals surface area contributed by atoms with Crippen LogP contribution in [0.1, 0.15) is 41.0 Å². The topological polar surface area (TPSA) is 105 Å². The fourth-order valence-electron chi connectivity index (χ4n) is 3.15. The predicted octanol–water partition coefficient (Wildman–Crippen LogP) is 0.540. The van der Waals surface area contributed by atoms with Crippen LogP contribution in [-0.4, -0.2) is 33.5 Å². The van der Waals surface area contributed by atoms with Crippen molar-refractivity contribution in [3.63, 3.8) is 0 Å². The van der Waals surface area contributed by atoms with E-state index in [-0.39, 0.29) is 17.4 Å². The molecule has 8 nitrogen and oxygen atoms in total. The van der Waals surface area contributed by atoms with Crippen LogP contribution in [0.5, 0.6) is 0 Å². The highest BCUT2D eigenvalue weighted by Crippen LogP contribution is 2.28. The maximum Gasteiger partial charge on any atom is 0.327 e. The number of hydrazine groups is 1. The van der Waals surface area contributed by atoms with Crippen LogP contribution in [0, 0.1) is 5.82 Å². The Morgan fingerprint density at radius 2 is 1.85 bits per heavy atom. The first kappa shape index (κ1) is 17.2. The number of carbonyl (C=O) groups excluding carboxylic acids is 3. The molecule has 2 aromatic rings. The Kier molecular flexibility index (Phi) is 4.35. The van der Waals surface area contributed by atoms with Gasteiger partial charge in [-0.15, -0.1) is 0 Å². The number of benzene rings is 1. The number of nitrogens with one attached hydrogen (secondary N) is 3. The maximum absolute atomic E-state index is 14.1. The van der Waals surface area contributed by atoms with Gasteiger partial charge in [-0.3, -0.25) is 25.2 Å². The van der Waals surface area contributed by atoms with E-state index < -0.39 is 23.5 Å². The fourth-order valence-corrected chi connectivity index (χ4v) is 3.15. The lowest BCUT2D eigenvalue weighted by Crippen LogP contribution is -2.49. The number of amides is 3. The molecule has 0 bridgehead atoms. The summed E-state index contributed by atoms with van der Waals surface area (Å²) in [5.41, 5.74) is 6.20. The second-order valence-corrected chi connectivity index (χ2v) is 6.65. The predicted molar refractivity (Wildman–Crippen MR) is 92.3 cm³/mol. The van der Waals surface area contributed by atoms with Crippen LogP contribution in [0.3, 0.4) is 0 Å². The Morgan fingerprint density at radius 3 is 2.59 bits per heavy atom. The average molecular weight is 371 g/mol. The molecule has 3 N–H and O–H groups in total. The number of carbonyl (C=O) groups is 3. The van der Waals surface area contributed by atoms with Gasteiger partial charge < -0.3 is 5.32 Å². The number of nitrogens with zero attached hydrogens (tertiary/aromatic N) is 2. The van der Waals surface area contributed by atoms with Crippen LogP contribution in [0.25, 0.3) is 5.69 Å². The first-order chi connectivity index (χ1) is 13.0. The zero-order valence-electron chi connectivity index (χ0n) is 14.4. The molecule has 0 unspecified atom stereocenters. The van der Waals surface area contributed by atoms with Crippen molar-refractivity contribution in [3.8, 4) is 5.69 Å². The van der Waals surface area contributed by atoms with Crippen LogP contribution in [0.2, 0.25) is 0 Å². The van der Waals surface area contributed by atoms with Gasteiger partial charge in [-0.1, -0.05) is 12.1 Å². The van der Waals surface area contributed by atoms with Crippen molar-refractivity contribution in [3.05, 3.63) is 47.0 Å². The summed E-state index contributed by atoms with van der Waals surface area (Å²) in [7, 11) is 0. The van der Waals surface area contributed by atoms with E-state index >= 15 is 0 Å². The minimum atomic E-state index is -0.944. The highest BCUT2D eigenvalue weighted by atomic mass is 19.1. The number of hydrogen-bond acceptors (Lipinski definition) is 4. The van der Waals surface area contributed by atoms with Gasteiger partial charge in [0.1, 0.15) is 11.5 Å². The van der Waals surface area contributed by atoms with E-state index in [9.17, 15) is 18.8 Å². The summed E-state index contributed by atoms with van der Waals surface area (Å²) in [6.45, 7) is 0. The third-order valence-corrected chi connectivity index (χ3v) is 4.63. The number of halogens is 1. The molecule has 1 heterocycles. The summed E-state index contributed by atoms with van der Waals surface area (Å²) in [4.78, 5) is 35.8. The molecule has 27 heavy (non-hydrogen) atoms. The van der Waals surface area contributed by atoms with Gasteiger partial charge >= 0.3 is 11.8 Å². The zero-order chi connectivity index (χ0) is 19.0. The Balaban J connectivity index is 1.51. The normalized spacial score (nSPS) is 15.1. The molecular weight excluding hydrogens is 353 g/mol. The molecule has 9 heteroatoms. The van der Waals surface area contributed by atoms with E-state index in [1.807, 2.05) is 0 Å². The Labute approximate surface area is 154 Å². The molecule has 140 valence electrons. The summed E-state index contributed by atoms with van der Waals surface area (Å²) in [6.07, 6.45) is 3.86. The quantitative estimate of drug-likeness (QED) is 0.541. The third kappa shape index (κ3) is 3.40. The largest absolute Gasteiger partial charge is 0.345 e. The molecule has 1 aromatic heterocycles. The Hall–Kier alpha value is -3.23. The lowest BCUT2D eigenvalue weighted by molar-refractivity contribution is -0.139. The molecule has 4 rings (SSSR count). The molecule has 0 atom stereocenters. The van der Waals surface area contributed by atoms with Crippen LogP contribution in [-0.2, 0) is 22.4 Å². The van der Waals surface area contributed by atoms with E-state index in [1.165, 1.54) is 10.7 Å². The van der Waals surface area contributed by atoms with Crippen molar-refractivity contribution in [2.24, 2.45) is 0 Å². The Morgan fingerprint density at radius 1 is 1.07 bits per heavy atom. The van der Waals surface area contributed by atoms with Crippen LogP contribution in [0.4, 0.5) is 4.39 Å². The smallest absolute Gasteiger partial charge is 0.327 e. The van der Waals surface area contributed by atoms with Crippen molar-refractivity contribution in [2.75, 3.05) is 0 Å². The molecule has 2 aliphatic carbocycles. The molecule has 0 spiro atoms. The lowest BCUT2D eigenvalue weighted by Gasteiger charge is -2.07. The first-order valence-corrected chi connectivity index (χ1v) is 8.81. The second-order valence-electron chi connectivity index (χ2n) is 6.65. The number of hydrogen-bond donors (Lipinski definition) is 3. The molecule has 1 aromatic carbocycles.